The number of aromatic nitrogens is 2. The number of para-hydroxylation sites is 1. The number of nitrogens with zero attached hydrogens (tertiary/aromatic N) is 2. The molecule has 1 aromatic carbocycles. The van der Waals surface area contributed by atoms with E-state index in [1.807, 2.05) is 38.1 Å². The molecule has 0 bridgehead atoms. The van der Waals surface area contributed by atoms with Crippen molar-refractivity contribution in [2.45, 2.75) is 20.4 Å². The number of benzene rings is 1. The second-order valence-corrected chi connectivity index (χ2v) is 5.56. The molecule has 0 aliphatic rings. The van der Waals surface area contributed by atoms with Crippen molar-refractivity contribution in [3.63, 3.8) is 0 Å². The smallest absolute Gasteiger partial charge is 0.270 e. The minimum absolute atomic E-state index is 0.193. The van der Waals surface area contributed by atoms with E-state index in [-0.39, 0.29) is 5.91 Å². The fourth-order valence-electron chi connectivity index (χ4n) is 2.00. The molecule has 0 saturated heterocycles. The minimum Gasteiger partial charge on any atom is -0.496 e. The number of ether oxygens (including phenoxy) is 1. The molecule has 6 heteroatoms. The van der Waals surface area contributed by atoms with Crippen LogP contribution in [0.25, 0.3) is 0 Å². The summed E-state index contributed by atoms with van der Waals surface area (Å²) in [5.74, 6) is 1.61. The van der Waals surface area contributed by atoms with Gasteiger partial charge in [-0.2, -0.15) is 0 Å². The number of methoxy groups -OCH3 is 1. The number of anilines is 1. The van der Waals surface area contributed by atoms with Crippen molar-refractivity contribution in [1.29, 1.82) is 0 Å². The molecule has 0 spiro atoms. The predicted octanol–water partition coefficient (Wildman–Crippen LogP) is 2.48. The van der Waals surface area contributed by atoms with Crippen LogP contribution in [0.1, 0.15) is 29.9 Å². The molecule has 1 heterocycles. The van der Waals surface area contributed by atoms with Crippen LogP contribution in [0.2, 0.25) is 0 Å². The number of rotatable bonds is 7. The molecule has 0 aliphatic carbocycles. The second kappa shape index (κ2) is 8.12. The van der Waals surface area contributed by atoms with Crippen LogP contribution in [-0.2, 0) is 6.54 Å². The van der Waals surface area contributed by atoms with Crippen LogP contribution in [0.5, 0.6) is 5.75 Å². The maximum Gasteiger partial charge on any atom is 0.270 e. The van der Waals surface area contributed by atoms with Crippen molar-refractivity contribution in [3.05, 3.63) is 47.9 Å². The summed E-state index contributed by atoms with van der Waals surface area (Å²) in [6, 6.07) is 9.39. The number of carbonyl (C=O) groups excluding carboxylic acids is 1. The average Bonchev–Trinajstić information content (AvgIpc) is 2.58. The van der Waals surface area contributed by atoms with Gasteiger partial charge >= 0.3 is 0 Å². The summed E-state index contributed by atoms with van der Waals surface area (Å²) in [5.41, 5.74) is 1.36. The Morgan fingerprint density at radius 2 is 2.04 bits per heavy atom. The van der Waals surface area contributed by atoms with Gasteiger partial charge in [0.25, 0.3) is 5.91 Å². The lowest BCUT2D eigenvalue weighted by molar-refractivity contribution is 0.0944. The molecule has 0 saturated carbocycles. The minimum atomic E-state index is -0.193. The third-order valence-corrected chi connectivity index (χ3v) is 3.22. The first-order valence-corrected chi connectivity index (χ1v) is 7.56. The van der Waals surface area contributed by atoms with Crippen LogP contribution in [0, 0.1) is 5.92 Å². The molecule has 0 atom stereocenters. The summed E-state index contributed by atoms with van der Waals surface area (Å²) >= 11 is 0. The molecule has 6 nitrogen and oxygen atoms in total. The average molecular weight is 314 g/mol. The summed E-state index contributed by atoms with van der Waals surface area (Å²) in [6.45, 7) is 5.25. The molecular weight excluding hydrogens is 292 g/mol. The molecule has 0 radical (unpaired) electrons. The van der Waals surface area contributed by atoms with Gasteiger partial charge in [-0.3, -0.25) is 4.79 Å². The molecule has 23 heavy (non-hydrogen) atoms. The molecule has 2 N–H and O–H groups in total. The fraction of sp³-hybridized carbons (Fsp3) is 0.353. The number of amides is 1. The highest BCUT2D eigenvalue weighted by Crippen LogP contribution is 2.18. The van der Waals surface area contributed by atoms with Crippen LogP contribution < -0.4 is 15.4 Å². The lowest BCUT2D eigenvalue weighted by Gasteiger charge is -2.11. The van der Waals surface area contributed by atoms with Gasteiger partial charge in [0.15, 0.2) is 0 Å². The maximum atomic E-state index is 12.0. The highest BCUT2D eigenvalue weighted by Gasteiger charge is 2.09. The molecule has 0 unspecified atom stereocenters. The van der Waals surface area contributed by atoms with Gasteiger partial charge in [-0.05, 0) is 12.0 Å². The van der Waals surface area contributed by atoms with Gasteiger partial charge in [0.1, 0.15) is 23.6 Å². The number of nitrogens with one attached hydrogen (secondary N) is 2. The van der Waals surface area contributed by atoms with Gasteiger partial charge in [-0.25, -0.2) is 9.97 Å². The van der Waals surface area contributed by atoms with Crippen molar-refractivity contribution in [2.24, 2.45) is 5.92 Å². The van der Waals surface area contributed by atoms with Gasteiger partial charge < -0.3 is 15.4 Å². The van der Waals surface area contributed by atoms with Crippen molar-refractivity contribution in [2.75, 3.05) is 19.0 Å². The molecule has 1 aromatic heterocycles. The Morgan fingerprint density at radius 3 is 2.78 bits per heavy atom. The van der Waals surface area contributed by atoms with Gasteiger partial charge in [0, 0.05) is 24.7 Å². The van der Waals surface area contributed by atoms with Gasteiger partial charge in [-0.15, -0.1) is 0 Å². The first-order chi connectivity index (χ1) is 11.1. The van der Waals surface area contributed by atoms with Gasteiger partial charge in [0.2, 0.25) is 0 Å². The molecule has 2 aromatic rings. The Balaban J connectivity index is 2.01. The van der Waals surface area contributed by atoms with Crippen LogP contribution in [0.3, 0.4) is 0 Å². The molecule has 1 amide bonds. The molecule has 0 aliphatic heterocycles. The molecule has 122 valence electrons. The van der Waals surface area contributed by atoms with E-state index >= 15 is 0 Å². The first kappa shape index (κ1) is 16.7. The zero-order chi connectivity index (χ0) is 16.7. The van der Waals surface area contributed by atoms with Crippen LogP contribution in [-0.4, -0.2) is 29.5 Å². The predicted molar refractivity (Wildman–Crippen MR) is 89.5 cm³/mol. The summed E-state index contributed by atoms with van der Waals surface area (Å²) in [4.78, 5) is 20.2. The van der Waals surface area contributed by atoms with Crippen molar-refractivity contribution in [3.8, 4) is 5.75 Å². The highest BCUT2D eigenvalue weighted by atomic mass is 16.5. The Hall–Kier alpha value is -2.63. The number of carbonyl (C=O) groups is 1. The quantitative estimate of drug-likeness (QED) is 0.821. The van der Waals surface area contributed by atoms with Gasteiger partial charge in [0.05, 0.1) is 7.11 Å². The van der Waals surface area contributed by atoms with Crippen molar-refractivity contribution >= 4 is 11.7 Å². The first-order valence-electron chi connectivity index (χ1n) is 7.56. The SMILES string of the molecule is COc1ccccc1CNc1cc(C(=O)NCC(C)C)ncn1. The standard InChI is InChI=1S/C17H22N4O2/c1-12(2)9-19-17(22)14-8-16(21-11-20-14)18-10-13-6-4-5-7-15(13)23-3/h4-8,11-12H,9-10H2,1-3H3,(H,19,22)(H,18,20,21). The molecule has 2 rings (SSSR count). The van der Waals surface area contributed by atoms with E-state index < -0.39 is 0 Å². The summed E-state index contributed by atoms with van der Waals surface area (Å²) < 4.78 is 5.31. The Bertz CT molecular complexity index is 659. The summed E-state index contributed by atoms with van der Waals surface area (Å²) in [7, 11) is 1.64. The zero-order valence-electron chi connectivity index (χ0n) is 13.7. The fourth-order valence-corrected chi connectivity index (χ4v) is 2.00. The van der Waals surface area contributed by atoms with E-state index in [1.54, 1.807) is 13.2 Å². The van der Waals surface area contributed by atoms with Crippen molar-refractivity contribution in [1.82, 2.24) is 15.3 Å². The van der Waals surface area contributed by atoms with Crippen molar-refractivity contribution < 1.29 is 9.53 Å². The third kappa shape index (κ3) is 4.95. The lowest BCUT2D eigenvalue weighted by Crippen LogP contribution is -2.28. The maximum absolute atomic E-state index is 12.0. The Kier molecular flexibility index (Phi) is 5.91. The van der Waals surface area contributed by atoms with Crippen LogP contribution in [0.4, 0.5) is 5.82 Å². The monoisotopic (exact) mass is 314 g/mol. The Labute approximate surface area is 136 Å². The van der Waals surface area contributed by atoms with E-state index in [2.05, 4.69) is 20.6 Å². The van der Waals surface area contributed by atoms with E-state index in [0.29, 0.717) is 30.5 Å². The van der Waals surface area contributed by atoms with E-state index in [4.69, 9.17) is 4.74 Å². The van der Waals surface area contributed by atoms with E-state index in [0.717, 1.165) is 11.3 Å². The highest BCUT2D eigenvalue weighted by molar-refractivity contribution is 5.92. The van der Waals surface area contributed by atoms with Gasteiger partial charge in [-0.1, -0.05) is 32.0 Å². The lowest BCUT2D eigenvalue weighted by atomic mass is 10.2. The topological polar surface area (TPSA) is 76.1 Å². The zero-order valence-corrected chi connectivity index (χ0v) is 13.7. The second-order valence-electron chi connectivity index (χ2n) is 5.56. The summed E-state index contributed by atoms with van der Waals surface area (Å²) in [6.07, 6.45) is 1.38. The Morgan fingerprint density at radius 1 is 1.26 bits per heavy atom. The largest absolute Gasteiger partial charge is 0.496 e. The number of hydrogen-bond acceptors (Lipinski definition) is 5. The van der Waals surface area contributed by atoms with Crippen LogP contribution >= 0.6 is 0 Å². The van der Waals surface area contributed by atoms with Crippen LogP contribution in [0.15, 0.2) is 36.7 Å². The summed E-state index contributed by atoms with van der Waals surface area (Å²) in [5, 5.41) is 6.03. The van der Waals surface area contributed by atoms with E-state index in [1.165, 1.54) is 6.33 Å². The van der Waals surface area contributed by atoms with E-state index in [9.17, 15) is 4.79 Å². The molecular formula is C17H22N4O2. The number of hydrogen-bond donors (Lipinski definition) is 2. The normalized spacial score (nSPS) is 10.4. The molecule has 0 fully saturated rings. The third-order valence-electron chi connectivity index (χ3n) is 3.22.